The molecule has 0 atom stereocenters. The lowest BCUT2D eigenvalue weighted by Gasteiger charge is -2.00. The van der Waals surface area contributed by atoms with E-state index in [2.05, 4.69) is 15.5 Å². The Balaban J connectivity index is 2.59. The molecule has 4 nitrogen and oxygen atoms in total. The average Bonchev–Trinajstić information content (AvgIpc) is 2.47. The first-order valence-electron chi connectivity index (χ1n) is 4.04. The van der Waals surface area contributed by atoms with E-state index >= 15 is 0 Å². The Bertz CT molecular complexity index is 267. The summed E-state index contributed by atoms with van der Waals surface area (Å²) in [6, 6.07) is 0. The van der Waals surface area contributed by atoms with Crippen LogP contribution in [0.15, 0.2) is 6.20 Å². The first kappa shape index (κ1) is 8.77. The summed E-state index contributed by atoms with van der Waals surface area (Å²) < 4.78 is 0. The van der Waals surface area contributed by atoms with Gasteiger partial charge >= 0.3 is 0 Å². The minimum Gasteiger partial charge on any atom is -0.351 e. The summed E-state index contributed by atoms with van der Waals surface area (Å²) in [5.41, 5.74) is 1.44. The normalized spacial score (nSPS) is 9.83. The van der Waals surface area contributed by atoms with Gasteiger partial charge in [-0.25, -0.2) is 0 Å². The Morgan fingerprint density at radius 3 is 3.00 bits per heavy atom. The van der Waals surface area contributed by atoms with E-state index in [9.17, 15) is 4.79 Å². The number of carbonyl (C=O) groups is 1. The van der Waals surface area contributed by atoms with Crippen LogP contribution in [0, 0.1) is 6.92 Å². The van der Waals surface area contributed by atoms with Gasteiger partial charge < -0.3 is 5.32 Å². The second-order valence-corrected chi connectivity index (χ2v) is 2.68. The number of hydrogen-bond acceptors (Lipinski definition) is 2. The van der Waals surface area contributed by atoms with Crippen molar-refractivity contribution in [1.82, 2.24) is 15.5 Å². The van der Waals surface area contributed by atoms with Crippen molar-refractivity contribution in [2.45, 2.75) is 20.3 Å². The molecule has 0 fully saturated rings. The van der Waals surface area contributed by atoms with Gasteiger partial charge in [-0.2, -0.15) is 5.10 Å². The van der Waals surface area contributed by atoms with Gasteiger partial charge in [-0.1, -0.05) is 6.92 Å². The molecule has 0 saturated carbocycles. The van der Waals surface area contributed by atoms with Crippen LogP contribution in [-0.2, 0) is 0 Å². The summed E-state index contributed by atoms with van der Waals surface area (Å²) in [5, 5.41) is 9.18. The molecule has 0 aliphatic rings. The van der Waals surface area contributed by atoms with Crippen molar-refractivity contribution in [1.29, 1.82) is 0 Å². The van der Waals surface area contributed by atoms with Gasteiger partial charge in [0.05, 0.1) is 6.20 Å². The van der Waals surface area contributed by atoms with Crippen molar-refractivity contribution in [2.24, 2.45) is 0 Å². The zero-order chi connectivity index (χ0) is 8.97. The van der Waals surface area contributed by atoms with E-state index in [-0.39, 0.29) is 5.91 Å². The molecule has 0 aliphatic carbocycles. The Labute approximate surface area is 71.4 Å². The molecule has 66 valence electrons. The molecule has 1 aromatic rings. The standard InChI is InChI=1S/C8H13N3O/c1-3-4-9-8(12)7-6(2)5-10-11-7/h5H,3-4H2,1-2H3,(H,9,12)(H,10,11). The molecule has 0 aromatic carbocycles. The van der Waals surface area contributed by atoms with Gasteiger partial charge in [-0.05, 0) is 18.9 Å². The molecule has 2 N–H and O–H groups in total. The number of amides is 1. The highest BCUT2D eigenvalue weighted by molar-refractivity contribution is 5.93. The van der Waals surface area contributed by atoms with Crippen LogP contribution < -0.4 is 5.32 Å². The predicted octanol–water partition coefficient (Wildman–Crippen LogP) is 0.858. The lowest BCUT2D eigenvalue weighted by Crippen LogP contribution is -2.24. The van der Waals surface area contributed by atoms with Crippen molar-refractivity contribution >= 4 is 5.91 Å². The number of aromatic amines is 1. The highest BCUT2D eigenvalue weighted by Crippen LogP contribution is 2.00. The predicted molar refractivity (Wildman–Crippen MR) is 45.9 cm³/mol. The quantitative estimate of drug-likeness (QED) is 0.701. The zero-order valence-electron chi connectivity index (χ0n) is 7.35. The molecule has 0 bridgehead atoms. The minimum atomic E-state index is -0.0770. The molecule has 1 amide bonds. The smallest absolute Gasteiger partial charge is 0.269 e. The number of hydrogen-bond donors (Lipinski definition) is 2. The van der Waals surface area contributed by atoms with Gasteiger partial charge in [0.2, 0.25) is 0 Å². The topological polar surface area (TPSA) is 57.8 Å². The molecule has 4 heteroatoms. The number of nitrogens with one attached hydrogen (secondary N) is 2. The summed E-state index contributed by atoms with van der Waals surface area (Å²) in [6.45, 7) is 4.57. The van der Waals surface area contributed by atoms with Crippen LogP contribution in [0.2, 0.25) is 0 Å². The molecule has 1 heterocycles. The molecule has 0 radical (unpaired) electrons. The summed E-state index contributed by atoms with van der Waals surface area (Å²) in [7, 11) is 0. The number of H-pyrrole nitrogens is 1. The SMILES string of the molecule is CCCNC(=O)c1[nH]ncc1C. The van der Waals surface area contributed by atoms with Crippen molar-refractivity contribution < 1.29 is 4.79 Å². The molecule has 0 spiro atoms. The van der Waals surface area contributed by atoms with E-state index in [0.29, 0.717) is 12.2 Å². The molecule has 0 aliphatic heterocycles. The van der Waals surface area contributed by atoms with E-state index in [1.807, 2.05) is 13.8 Å². The van der Waals surface area contributed by atoms with Gasteiger partial charge in [0, 0.05) is 6.54 Å². The third-order valence-electron chi connectivity index (χ3n) is 1.59. The fourth-order valence-corrected chi connectivity index (χ4v) is 0.903. The molecule has 12 heavy (non-hydrogen) atoms. The second kappa shape index (κ2) is 3.90. The Morgan fingerprint density at radius 1 is 1.75 bits per heavy atom. The van der Waals surface area contributed by atoms with Crippen molar-refractivity contribution in [3.8, 4) is 0 Å². The number of carbonyl (C=O) groups excluding carboxylic acids is 1. The number of aryl methyl sites for hydroxylation is 1. The van der Waals surface area contributed by atoms with Crippen LogP contribution in [0.1, 0.15) is 29.4 Å². The third kappa shape index (κ3) is 1.84. The van der Waals surface area contributed by atoms with Crippen LogP contribution in [0.25, 0.3) is 0 Å². The van der Waals surface area contributed by atoms with Crippen LogP contribution >= 0.6 is 0 Å². The third-order valence-corrected chi connectivity index (χ3v) is 1.59. The van der Waals surface area contributed by atoms with E-state index in [0.717, 1.165) is 12.0 Å². The maximum atomic E-state index is 11.3. The second-order valence-electron chi connectivity index (χ2n) is 2.68. The maximum Gasteiger partial charge on any atom is 0.269 e. The molecule has 0 unspecified atom stereocenters. The first-order chi connectivity index (χ1) is 5.75. The van der Waals surface area contributed by atoms with Crippen molar-refractivity contribution in [2.75, 3.05) is 6.54 Å². The van der Waals surface area contributed by atoms with Crippen molar-refractivity contribution in [3.05, 3.63) is 17.5 Å². The van der Waals surface area contributed by atoms with E-state index in [1.54, 1.807) is 6.20 Å². The van der Waals surface area contributed by atoms with E-state index in [4.69, 9.17) is 0 Å². The molecule has 1 aromatic heterocycles. The van der Waals surface area contributed by atoms with E-state index in [1.165, 1.54) is 0 Å². The lowest BCUT2D eigenvalue weighted by atomic mass is 10.2. The minimum absolute atomic E-state index is 0.0770. The van der Waals surface area contributed by atoms with Gasteiger partial charge in [-0.15, -0.1) is 0 Å². The van der Waals surface area contributed by atoms with Crippen LogP contribution in [0.3, 0.4) is 0 Å². The Kier molecular flexibility index (Phi) is 2.85. The molecular weight excluding hydrogens is 154 g/mol. The number of rotatable bonds is 3. The summed E-state index contributed by atoms with van der Waals surface area (Å²) in [4.78, 5) is 11.3. The summed E-state index contributed by atoms with van der Waals surface area (Å²) >= 11 is 0. The highest BCUT2D eigenvalue weighted by atomic mass is 16.1. The summed E-state index contributed by atoms with van der Waals surface area (Å²) in [6.07, 6.45) is 2.58. The molecular formula is C8H13N3O. The van der Waals surface area contributed by atoms with Gasteiger partial charge in [-0.3, -0.25) is 9.89 Å². The zero-order valence-corrected chi connectivity index (χ0v) is 7.35. The average molecular weight is 167 g/mol. The Hall–Kier alpha value is -1.32. The van der Waals surface area contributed by atoms with Gasteiger partial charge in [0.1, 0.15) is 5.69 Å². The van der Waals surface area contributed by atoms with Crippen LogP contribution in [0.5, 0.6) is 0 Å². The fourth-order valence-electron chi connectivity index (χ4n) is 0.903. The largest absolute Gasteiger partial charge is 0.351 e. The monoisotopic (exact) mass is 167 g/mol. The molecule has 1 rings (SSSR count). The lowest BCUT2D eigenvalue weighted by molar-refractivity contribution is 0.0948. The van der Waals surface area contributed by atoms with Crippen LogP contribution in [-0.4, -0.2) is 22.6 Å². The van der Waals surface area contributed by atoms with Gasteiger partial charge in [0.15, 0.2) is 0 Å². The van der Waals surface area contributed by atoms with Crippen molar-refractivity contribution in [3.63, 3.8) is 0 Å². The fraction of sp³-hybridized carbons (Fsp3) is 0.500. The van der Waals surface area contributed by atoms with Gasteiger partial charge in [0.25, 0.3) is 5.91 Å². The number of aromatic nitrogens is 2. The maximum absolute atomic E-state index is 11.3. The summed E-state index contributed by atoms with van der Waals surface area (Å²) in [5.74, 6) is -0.0770. The van der Waals surface area contributed by atoms with E-state index < -0.39 is 0 Å². The Morgan fingerprint density at radius 2 is 2.50 bits per heavy atom. The molecule has 0 saturated heterocycles. The van der Waals surface area contributed by atoms with Crippen LogP contribution in [0.4, 0.5) is 0 Å². The number of nitrogens with zero attached hydrogens (tertiary/aromatic N) is 1. The highest BCUT2D eigenvalue weighted by Gasteiger charge is 2.08. The first-order valence-corrected chi connectivity index (χ1v) is 4.04.